The van der Waals surface area contributed by atoms with Crippen LogP contribution in [0.1, 0.15) is 31.4 Å². The predicted molar refractivity (Wildman–Crippen MR) is 97.7 cm³/mol. The van der Waals surface area contributed by atoms with Gasteiger partial charge in [0.15, 0.2) is 0 Å². The Morgan fingerprint density at radius 1 is 1.12 bits per heavy atom. The second kappa shape index (κ2) is 5.45. The van der Waals surface area contributed by atoms with Crippen molar-refractivity contribution in [3.8, 4) is 0 Å². The number of carbonyl (C=O) groups excluding carboxylic acids is 1. The monoisotopic (exact) mass is 336 g/mol. The molecular weight excluding hydrogens is 315 g/mol. The van der Waals surface area contributed by atoms with Gasteiger partial charge in [-0.15, -0.1) is 0 Å². The summed E-state index contributed by atoms with van der Waals surface area (Å²) >= 11 is 0. The predicted octanol–water partition coefficient (Wildman–Crippen LogP) is 3.85. The Hall–Kier alpha value is -2.62. The molecule has 0 spiro atoms. The maximum Gasteiger partial charge on any atom is 0.223 e. The highest BCUT2D eigenvalue weighted by Crippen LogP contribution is 2.52. The Kier molecular flexibility index (Phi) is 3.46. The second-order valence-corrected chi connectivity index (χ2v) is 7.24. The largest absolute Gasteiger partial charge is 0.344 e. The fourth-order valence-corrected chi connectivity index (χ4v) is 4.11. The van der Waals surface area contributed by atoms with Crippen LogP contribution in [0.25, 0.3) is 6.08 Å². The normalized spacial score (nSPS) is 24.1. The fraction of sp³-hybridized carbons (Fsp3) is 0.286. The number of anilines is 1. The summed E-state index contributed by atoms with van der Waals surface area (Å²) in [6.45, 7) is 5.00. The Bertz CT molecular complexity index is 856. The van der Waals surface area contributed by atoms with E-state index in [0.717, 1.165) is 11.3 Å². The van der Waals surface area contributed by atoms with Crippen molar-refractivity contribution in [1.82, 2.24) is 5.32 Å². The third kappa shape index (κ3) is 2.28. The molecule has 1 unspecified atom stereocenters. The first-order valence-corrected chi connectivity index (χ1v) is 8.57. The summed E-state index contributed by atoms with van der Waals surface area (Å²) in [6.07, 6.45) is 4.50. The van der Waals surface area contributed by atoms with Gasteiger partial charge in [0.25, 0.3) is 0 Å². The molecule has 0 saturated carbocycles. The van der Waals surface area contributed by atoms with Gasteiger partial charge in [0.05, 0.1) is 0 Å². The number of nitrogens with zero attached hydrogens (tertiary/aromatic N) is 1. The van der Waals surface area contributed by atoms with Crippen LogP contribution in [0, 0.1) is 5.82 Å². The van der Waals surface area contributed by atoms with Gasteiger partial charge in [-0.05, 0) is 35.4 Å². The van der Waals surface area contributed by atoms with Crippen molar-refractivity contribution >= 4 is 17.7 Å². The standard InChI is InChI=1S/C21H21FN2O/c1-20(2)17-5-3-4-6-18(17)24-14-12-19(25)23-21(20,24)13-11-15-7-9-16(22)10-8-15/h3-11,13H,12,14H2,1-2H3,(H,23,25)/b13-11+. The molecule has 2 aliphatic rings. The summed E-state index contributed by atoms with van der Waals surface area (Å²) in [5.74, 6) is -0.197. The van der Waals surface area contributed by atoms with Gasteiger partial charge >= 0.3 is 0 Å². The zero-order valence-electron chi connectivity index (χ0n) is 14.4. The molecule has 2 heterocycles. The molecule has 2 aromatic carbocycles. The first-order chi connectivity index (χ1) is 11.9. The minimum Gasteiger partial charge on any atom is -0.344 e. The number of benzene rings is 2. The zero-order valence-corrected chi connectivity index (χ0v) is 14.4. The molecule has 128 valence electrons. The molecule has 25 heavy (non-hydrogen) atoms. The fourth-order valence-electron chi connectivity index (χ4n) is 4.11. The highest BCUT2D eigenvalue weighted by molar-refractivity contribution is 5.84. The number of carbonyl (C=O) groups is 1. The van der Waals surface area contributed by atoms with Crippen molar-refractivity contribution in [2.24, 2.45) is 0 Å². The maximum absolute atomic E-state index is 13.2. The van der Waals surface area contributed by atoms with Gasteiger partial charge in [-0.25, -0.2) is 4.39 Å². The third-order valence-corrected chi connectivity index (χ3v) is 5.53. The van der Waals surface area contributed by atoms with E-state index in [-0.39, 0.29) is 17.1 Å². The van der Waals surface area contributed by atoms with E-state index in [0.29, 0.717) is 13.0 Å². The number of para-hydroxylation sites is 1. The number of nitrogens with one attached hydrogen (secondary N) is 1. The summed E-state index contributed by atoms with van der Waals surface area (Å²) in [4.78, 5) is 14.6. The number of hydrogen-bond acceptors (Lipinski definition) is 2. The first-order valence-electron chi connectivity index (χ1n) is 8.57. The molecule has 4 rings (SSSR count). The average molecular weight is 336 g/mol. The van der Waals surface area contributed by atoms with Crippen molar-refractivity contribution in [1.29, 1.82) is 0 Å². The first kappa shape index (κ1) is 15.9. The van der Waals surface area contributed by atoms with E-state index in [1.165, 1.54) is 17.7 Å². The lowest BCUT2D eigenvalue weighted by atomic mass is 9.74. The van der Waals surface area contributed by atoms with E-state index < -0.39 is 5.66 Å². The number of hydrogen-bond donors (Lipinski definition) is 1. The van der Waals surface area contributed by atoms with E-state index in [4.69, 9.17) is 0 Å². The Morgan fingerprint density at radius 3 is 2.60 bits per heavy atom. The molecule has 0 aliphatic carbocycles. The molecule has 2 aliphatic heterocycles. The van der Waals surface area contributed by atoms with Crippen LogP contribution in [-0.2, 0) is 10.2 Å². The summed E-state index contributed by atoms with van der Waals surface area (Å²) in [7, 11) is 0. The van der Waals surface area contributed by atoms with Crippen molar-refractivity contribution in [3.05, 3.63) is 71.6 Å². The molecule has 4 heteroatoms. The van der Waals surface area contributed by atoms with Crippen LogP contribution in [0.15, 0.2) is 54.6 Å². The van der Waals surface area contributed by atoms with E-state index in [1.54, 1.807) is 12.1 Å². The van der Waals surface area contributed by atoms with E-state index in [2.05, 4.69) is 42.3 Å². The van der Waals surface area contributed by atoms with Crippen LogP contribution >= 0.6 is 0 Å². The molecule has 1 N–H and O–H groups in total. The maximum atomic E-state index is 13.2. The topological polar surface area (TPSA) is 32.3 Å². The summed E-state index contributed by atoms with van der Waals surface area (Å²) in [5.41, 5.74) is 2.37. The zero-order chi connectivity index (χ0) is 17.7. The lowest BCUT2D eigenvalue weighted by molar-refractivity contribution is -0.124. The number of rotatable bonds is 2. The molecule has 0 radical (unpaired) electrons. The van der Waals surface area contributed by atoms with Crippen LogP contribution in [0.2, 0.25) is 0 Å². The van der Waals surface area contributed by atoms with Gasteiger partial charge in [0.1, 0.15) is 11.5 Å². The molecule has 1 amide bonds. The Balaban J connectivity index is 1.83. The van der Waals surface area contributed by atoms with Crippen LogP contribution in [-0.4, -0.2) is 18.1 Å². The molecule has 1 saturated heterocycles. The minimum absolute atomic E-state index is 0.0564. The Morgan fingerprint density at radius 2 is 1.84 bits per heavy atom. The minimum atomic E-state index is -0.625. The summed E-state index contributed by atoms with van der Waals surface area (Å²) < 4.78 is 13.2. The quantitative estimate of drug-likeness (QED) is 0.903. The number of fused-ring (bicyclic) bond motifs is 3. The van der Waals surface area contributed by atoms with Gasteiger partial charge in [0.2, 0.25) is 5.91 Å². The SMILES string of the molecule is CC1(C)c2ccccc2N2CCC(=O)NC21/C=C/c1ccc(F)cc1. The molecule has 3 nitrogen and oxygen atoms in total. The van der Waals surface area contributed by atoms with Gasteiger partial charge in [0, 0.05) is 24.1 Å². The highest BCUT2D eigenvalue weighted by atomic mass is 19.1. The van der Waals surface area contributed by atoms with E-state index >= 15 is 0 Å². The van der Waals surface area contributed by atoms with Gasteiger partial charge in [-0.3, -0.25) is 4.79 Å². The number of amides is 1. The average Bonchev–Trinajstić information content (AvgIpc) is 2.79. The number of halogens is 1. The van der Waals surface area contributed by atoms with Crippen LogP contribution in [0.4, 0.5) is 10.1 Å². The van der Waals surface area contributed by atoms with Gasteiger partial charge < -0.3 is 10.2 Å². The molecule has 0 bridgehead atoms. The highest BCUT2D eigenvalue weighted by Gasteiger charge is 2.57. The van der Waals surface area contributed by atoms with Crippen LogP contribution in [0.5, 0.6) is 0 Å². The van der Waals surface area contributed by atoms with Crippen molar-refractivity contribution in [2.75, 3.05) is 11.4 Å². The molecule has 0 aromatic heterocycles. The van der Waals surface area contributed by atoms with Crippen LogP contribution < -0.4 is 10.2 Å². The van der Waals surface area contributed by atoms with Crippen molar-refractivity contribution in [3.63, 3.8) is 0 Å². The summed E-state index contributed by atoms with van der Waals surface area (Å²) in [5, 5.41) is 3.24. The van der Waals surface area contributed by atoms with Crippen molar-refractivity contribution in [2.45, 2.75) is 31.3 Å². The molecule has 1 fully saturated rings. The second-order valence-electron chi connectivity index (χ2n) is 7.24. The molecular formula is C21H21FN2O. The third-order valence-electron chi connectivity index (χ3n) is 5.53. The van der Waals surface area contributed by atoms with Crippen LogP contribution in [0.3, 0.4) is 0 Å². The van der Waals surface area contributed by atoms with Gasteiger partial charge in [-0.2, -0.15) is 0 Å². The van der Waals surface area contributed by atoms with E-state index in [9.17, 15) is 9.18 Å². The lowest BCUT2D eigenvalue weighted by Gasteiger charge is -2.49. The smallest absolute Gasteiger partial charge is 0.223 e. The summed E-state index contributed by atoms with van der Waals surface area (Å²) in [6, 6.07) is 14.7. The molecule has 2 aromatic rings. The van der Waals surface area contributed by atoms with Crippen molar-refractivity contribution < 1.29 is 9.18 Å². The molecule has 1 atom stereocenters. The lowest BCUT2D eigenvalue weighted by Crippen LogP contribution is -2.68. The van der Waals surface area contributed by atoms with Gasteiger partial charge in [-0.1, -0.05) is 50.3 Å². The van der Waals surface area contributed by atoms with E-state index in [1.807, 2.05) is 18.2 Å². The Labute approximate surface area is 147 Å².